The molecule has 0 aliphatic heterocycles. The molecule has 63 heavy (non-hydrogen) atoms. The molecule has 0 spiro atoms. The molecule has 0 aliphatic carbocycles. The van der Waals surface area contributed by atoms with Crippen LogP contribution in [-0.2, 0) is 28.7 Å². The van der Waals surface area contributed by atoms with Crippen molar-refractivity contribution < 1.29 is 33.8 Å². The third-order valence-corrected chi connectivity index (χ3v) is 12.9. The van der Waals surface area contributed by atoms with Crippen LogP contribution in [0.25, 0.3) is 0 Å². The zero-order valence-electron chi connectivity index (χ0n) is 42.1. The van der Waals surface area contributed by atoms with Gasteiger partial charge in [-0.05, 0) is 38.5 Å². The number of hydrogen-bond acceptors (Lipinski definition) is 6. The number of amides is 1. The summed E-state index contributed by atoms with van der Waals surface area (Å²) in [5, 5.41) is 12.6. The fourth-order valence-electron chi connectivity index (χ4n) is 8.63. The Labute approximate surface area is 390 Å². The average Bonchev–Trinajstić information content (AvgIpc) is 3.27. The zero-order chi connectivity index (χ0) is 46.1. The van der Waals surface area contributed by atoms with Gasteiger partial charge in [-0.1, -0.05) is 252 Å². The molecule has 8 heteroatoms. The minimum Gasteiger partial charge on any atom is -0.480 e. The molecular formula is C55H105NO7. The zero-order valence-corrected chi connectivity index (χ0v) is 42.1. The number of hydrogen-bond donors (Lipinski definition) is 2. The second-order valence-corrected chi connectivity index (χ2v) is 19.2. The van der Waals surface area contributed by atoms with Gasteiger partial charge in [-0.3, -0.25) is 14.4 Å². The summed E-state index contributed by atoms with van der Waals surface area (Å²) in [6.45, 7) is 6.75. The Hall–Kier alpha value is -2.12. The SMILES string of the molecule is CCCCCCCCCCCCCCCC(=O)N[C@H](CCC[C@@H](COC(=O)CCCCCCCCCCCCCCC)OC(=O)CCCCCCCCCCCCCCC)C(=O)O. The summed E-state index contributed by atoms with van der Waals surface area (Å²) in [5.74, 6) is -1.86. The Balaban J connectivity index is 4.59. The van der Waals surface area contributed by atoms with Crippen molar-refractivity contribution in [3.05, 3.63) is 0 Å². The van der Waals surface area contributed by atoms with Gasteiger partial charge in [-0.25, -0.2) is 4.79 Å². The number of carboxylic acids is 1. The van der Waals surface area contributed by atoms with Crippen LogP contribution in [0.3, 0.4) is 0 Å². The molecule has 0 aromatic carbocycles. The molecule has 0 aromatic rings. The van der Waals surface area contributed by atoms with E-state index in [1.165, 1.54) is 193 Å². The molecule has 0 bridgehead atoms. The summed E-state index contributed by atoms with van der Waals surface area (Å²) >= 11 is 0. The van der Waals surface area contributed by atoms with Gasteiger partial charge in [0.1, 0.15) is 18.8 Å². The first-order valence-electron chi connectivity index (χ1n) is 27.7. The normalized spacial score (nSPS) is 12.3. The second-order valence-electron chi connectivity index (χ2n) is 19.2. The predicted octanol–water partition coefficient (Wildman–Crippen LogP) is 16.6. The van der Waals surface area contributed by atoms with Crippen molar-refractivity contribution in [1.82, 2.24) is 5.32 Å². The molecule has 0 saturated heterocycles. The van der Waals surface area contributed by atoms with Crippen LogP contribution in [0, 0.1) is 0 Å². The van der Waals surface area contributed by atoms with Gasteiger partial charge in [0, 0.05) is 19.3 Å². The van der Waals surface area contributed by atoms with Gasteiger partial charge < -0.3 is 19.9 Å². The fraction of sp³-hybridized carbons (Fsp3) is 0.927. The first kappa shape index (κ1) is 60.9. The first-order chi connectivity index (χ1) is 30.8. The lowest BCUT2D eigenvalue weighted by molar-refractivity contribution is -0.159. The van der Waals surface area contributed by atoms with Gasteiger partial charge >= 0.3 is 17.9 Å². The summed E-state index contributed by atoms with van der Waals surface area (Å²) in [6, 6.07) is -1.00. The van der Waals surface area contributed by atoms with Crippen LogP contribution < -0.4 is 5.32 Å². The topological polar surface area (TPSA) is 119 Å². The van der Waals surface area contributed by atoms with Crippen LogP contribution in [-0.4, -0.2) is 47.7 Å². The molecule has 0 saturated carbocycles. The molecule has 0 radical (unpaired) electrons. The Bertz CT molecular complexity index is 1020. The summed E-state index contributed by atoms with van der Waals surface area (Å²) in [6.07, 6.45) is 49.5. The number of carbonyl (C=O) groups is 4. The number of nitrogens with one attached hydrogen (secondary N) is 1. The van der Waals surface area contributed by atoms with Crippen molar-refractivity contribution in [2.75, 3.05) is 6.61 Å². The second kappa shape index (κ2) is 49.3. The third kappa shape index (κ3) is 46.2. The third-order valence-electron chi connectivity index (χ3n) is 12.9. The monoisotopic (exact) mass is 892 g/mol. The van der Waals surface area contributed by atoms with Gasteiger partial charge in [-0.15, -0.1) is 0 Å². The highest BCUT2D eigenvalue weighted by atomic mass is 16.6. The number of carboxylic acid groups (broad SMARTS) is 1. The smallest absolute Gasteiger partial charge is 0.326 e. The minimum absolute atomic E-state index is 0.0230. The van der Waals surface area contributed by atoms with Crippen LogP contribution in [0.5, 0.6) is 0 Å². The molecule has 0 heterocycles. The highest BCUT2D eigenvalue weighted by Crippen LogP contribution is 2.18. The molecule has 2 N–H and O–H groups in total. The average molecular weight is 892 g/mol. The van der Waals surface area contributed by atoms with Gasteiger partial charge in [-0.2, -0.15) is 0 Å². The van der Waals surface area contributed by atoms with Crippen molar-refractivity contribution >= 4 is 23.8 Å². The molecule has 0 aromatic heterocycles. The van der Waals surface area contributed by atoms with E-state index < -0.39 is 18.1 Å². The number of esters is 2. The number of unbranched alkanes of at least 4 members (excludes halogenated alkanes) is 36. The maximum Gasteiger partial charge on any atom is 0.326 e. The van der Waals surface area contributed by atoms with Crippen molar-refractivity contribution in [1.29, 1.82) is 0 Å². The largest absolute Gasteiger partial charge is 0.480 e. The van der Waals surface area contributed by atoms with Gasteiger partial charge in [0.15, 0.2) is 0 Å². The lowest BCUT2D eigenvalue weighted by atomic mass is 10.0. The standard InChI is InChI=1S/C55H105NO7/c1-4-7-10-13-16-19-22-25-28-31-34-37-40-46-52(57)56-51(55(60)61)45-43-44-50(63-54(59)48-42-39-36-33-30-27-24-21-18-15-12-9-6-3)49-62-53(58)47-41-38-35-32-29-26-23-20-17-14-11-8-5-2/h50-51H,4-49H2,1-3H3,(H,56,57)(H,60,61)/t50-,51+/m0/s1. The summed E-state index contributed by atoms with van der Waals surface area (Å²) in [5.41, 5.74) is 0. The van der Waals surface area contributed by atoms with Gasteiger partial charge in [0.25, 0.3) is 0 Å². The van der Waals surface area contributed by atoms with E-state index in [1.54, 1.807) is 0 Å². The highest BCUT2D eigenvalue weighted by Gasteiger charge is 2.22. The quantitative estimate of drug-likeness (QED) is 0.0461. The van der Waals surface area contributed by atoms with Crippen molar-refractivity contribution in [3.8, 4) is 0 Å². The Morgan fingerprint density at radius 1 is 0.381 bits per heavy atom. The molecule has 0 unspecified atom stereocenters. The van der Waals surface area contributed by atoms with E-state index in [0.29, 0.717) is 32.1 Å². The molecule has 0 fully saturated rings. The van der Waals surface area contributed by atoms with E-state index in [4.69, 9.17) is 9.47 Å². The van der Waals surface area contributed by atoms with Crippen molar-refractivity contribution in [2.24, 2.45) is 0 Å². The molecule has 372 valence electrons. The van der Waals surface area contributed by atoms with Crippen LogP contribution in [0.4, 0.5) is 0 Å². The molecule has 0 rings (SSSR count). The molecule has 1 amide bonds. The number of carbonyl (C=O) groups excluding carboxylic acids is 3. The molecule has 2 atom stereocenters. The van der Waals surface area contributed by atoms with Crippen LogP contribution >= 0.6 is 0 Å². The van der Waals surface area contributed by atoms with E-state index in [2.05, 4.69) is 26.1 Å². The number of rotatable bonds is 51. The summed E-state index contributed by atoms with van der Waals surface area (Å²) < 4.78 is 11.4. The highest BCUT2D eigenvalue weighted by molar-refractivity contribution is 5.83. The maximum atomic E-state index is 12.9. The Kier molecular flexibility index (Phi) is 47.7. The van der Waals surface area contributed by atoms with E-state index >= 15 is 0 Å². The van der Waals surface area contributed by atoms with Crippen LogP contribution in [0.15, 0.2) is 0 Å². The summed E-state index contributed by atoms with van der Waals surface area (Å²) in [4.78, 5) is 50.4. The van der Waals surface area contributed by atoms with Gasteiger partial charge in [0.2, 0.25) is 5.91 Å². The molecular weight excluding hydrogens is 787 g/mol. The van der Waals surface area contributed by atoms with Crippen molar-refractivity contribution in [3.63, 3.8) is 0 Å². The minimum atomic E-state index is -1.06. The fourth-order valence-corrected chi connectivity index (χ4v) is 8.63. The lowest BCUT2D eigenvalue weighted by Crippen LogP contribution is -2.40. The van der Waals surface area contributed by atoms with Crippen molar-refractivity contribution in [2.45, 2.75) is 322 Å². The predicted molar refractivity (Wildman–Crippen MR) is 265 cm³/mol. The number of aliphatic carboxylic acids is 1. The summed E-state index contributed by atoms with van der Waals surface area (Å²) in [7, 11) is 0. The van der Waals surface area contributed by atoms with Crippen LogP contribution in [0.2, 0.25) is 0 Å². The number of ether oxygens (including phenoxy) is 2. The Morgan fingerprint density at radius 2 is 0.683 bits per heavy atom. The lowest BCUT2D eigenvalue weighted by Gasteiger charge is -2.20. The Morgan fingerprint density at radius 3 is 1.02 bits per heavy atom. The van der Waals surface area contributed by atoms with Crippen LogP contribution in [0.1, 0.15) is 310 Å². The molecule has 8 nitrogen and oxygen atoms in total. The van der Waals surface area contributed by atoms with E-state index in [9.17, 15) is 24.3 Å². The van der Waals surface area contributed by atoms with Gasteiger partial charge in [0.05, 0.1) is 0 Å². The van der Waals surface area contributed by atoms with E-state index in [-0.39, 0.29) is 30.9 Å². The maximum absolute atomic E-state index is 12.9. The molecule has 0 aliphatic rings. The van der Waals surface area contributed by atoms with E-state index in [1.807, 2.05) is 0 Å². The van der Waals surface area contributed by atoms with E-state index in [0.717, 1.165) is 57.8 Å². The first-order valence-corrected chi connectivity index (χ1v) is 27.7.